The molecule has 5 nitrogen and oxygen atoms in total. The quantitative estimate of drug-likeness (QED) is 0.660. The van der Waals surface area contributed by atoms with Crippen molar-refractivity contribution in [3.63, 3.8) is 0 Å². The van der Waals surface area contributed by atoms with Gasteiger partial charge < -0.3 is 10.6 Å². The Morgan fingerprint density at radius 3 is 2.21 bits per heavy atom. The Morgan fingerprint density at radius 2 is 1.50 bits per heavy atom. The molecule has 5 heteroatoms. The number of benzene rings is 2. The number of carbonyl (C=O) groups excluding carboxylic acids is 2. The van der Waals surface area contributed by atoms with Crippen LogP contribution >= 0.6 is 0 Å². The van der Waals surface area contributed by atoms with Gasteiger partial charge in [0.25, 0.3) is 11.8 Å². The minimum atomic E-state index is -0.348. The molecule has 0 radical (unpaired) electrons. The molecule has 2 aromatic carbocycles. The number of amides is 2. The van der Waals surface area contributed by atoms with Crippen LogP contribution in [0.2, 0.25) is 0 Å². The van der Waals surface area contributed by atoms with E-state index in [9.17, 15) is 9.59 Å². The fourth-order valence-corrected chi connectivity index (χ4v) is 2.90. The maximum absolute atomic E-state index is 12.7. The monoisotopic (exact) mass is 373 g/mol. The second kappa shape index (κ2) is 8.48. The van der Waals surface area contributed by atoms with E-state index in [2.05, 4.69) is 29.5 Å². The molecule has 0 aliphatic carbocycles. The molecule has 0 fully saturated rings. The average Bonchev–Trinajstić information content (AvgIpc) is 2.70. The number of rotatable bonds is 5. The molecule has 1 heterocycles. The van der Waals surface area contributed by atoms with E-state index in [0.717, 1.165) is 22.5 Å². The zero-order chi connectivity index (χ0) is 20.1. The molecular formula is C23H23N3O2. The average molecular weight is 373 g/mol. The number of hydrogen-bond acceptors (Lipinski definition) is 3. The van der Waals surface area contributed by atoms with Crippen LogP contribution in [-0.2, 0) is 0 Å². The van der Waals surface area contributed by atoms with Gasteiger partial charge in [0.1, 0.15) is 5.69 Å². The topological polar surface area (TPSA) is 71.1 Å². The number of nitrogens with one attached hydrogen (secondary N) is 2. The maximum Gasteiger partial charge on any atom is 0.274 e. The third-order valence-corrected chi connectivity index (χ3v) is 4.48. The van der Waals surface area contributed by atoms with Crippen molar-refractivity contribution < 1.29 is 9.59 Å². The number of hydrogen-bond donors (Lipinski definition) is 2. The van der Waals surface area contributed by atoms with E-state index in [1.165, 1.54) is 12.3 Å². The van der Waals surface area contributed by atoms with Crippen LogP contribution in [0.25, 0.3) is 0 Å². The molecule has 0 saturated heterocycles. The largest absolute Gasteiger partial charge is 0.322 e. The summed E-state index contributed by atoms with van der Waals surface area (Å²) in [6.07, 6.45) is 1.47. The summed E-state index contributed by atoms with van der Waals surface area (Å²) in [7, 11) is 0. The summed E-state index contributed by atoms with van der Waals surface area (Å²) in [4.78, 5) is 29.4. The summed E-state index contributed by atoms with van der Waals surface area (Å²) in [5.41, 5.74) is 4.06. The first-order chi connectivity index (χ1) is 13.5. The molecule has 28 heavy (non-hydrogen) atoms. The number of aromatic nitrogens is 1. The highest BCUT2D eigenvalue weighted by atomic mass is 16.2. The van der Waals surface area contributed by atoms with E-state index < -0.39 is 0 Å². The highest BCUT2D eigenvalue weighted by Gasteiger charge is 2.15. The molecule has 3 aromatic rings. The van der Waals surface area contributed by atoms with Gasteiger partial charge >= 0.3 is 0 Å². The lowest BCUT2D eigenvalue weighted by molar-refractivity contribution is 0.102. The van der Waals surface area contributed by atoms with Gasteiger partial charge in [0.15, 0.2) is 0 Å². The Hall–Kier alpha value is -3.47. The molecular weight excluding hydrogens is 350 g/mol. The first-order valence-electron chi connectivity index (χ1n) is 9.19. The van der Waals surface area contributed by atoms with Gasteiger partial charge in [-0.1, -0.05) is 50.2 Å². The van der Waals surface area contributed by atoms with Crippen molar-refractivity contribution in [3.05, 3.63) is 89.2 Å². The lowest BCUT2D eigenvalue weighted by atomic mass is 10.0. The fraction of sp³-hybridized carbons (Fsp3) is 0.174. The molecule has 0 atom stereocenters. The fourth-order valence-electron chi connectivity index (χ4n) is 2.90. The van der Waals surface area contributed by atoms with Crippen LogP contribution in [0.5, 0.6) is 0 Å². The van der Waals surface area contributed by atoms with Gasteiger partial charge in [-0.15, -0.1) is 0 Å². The molecule has 0 aliphatic rings. The molecule has 0 unspecified atom stereocenters. The van der Waals surface area contributed by atoms with Crippen LogP contribution in [-0.4, -0.2) is 16.8 Å². The summed E-state index contributed by atoms with van der Waals surface area (Å²) in [6.45, 7) is 6.06. The van der Waals surface area contributed by atoms with Gasteiger partial charge in [-0.05, 0) is 48.2 Å². The lowest BCUT2D eigenvalue weighted by Gasteiger charge is -2.13. The van der Waals surface area contributed by atoms with Crippen LogP contribution in [0, 0.1) is 6.92 Å². The third kappa shape index (κ3) is 4.43. The van der Waals surface area contributed by atoms with E-state index in [4.69, 9.17) is 0 Å². The van der Waals surface area contributed by atoms with Crippen LogP contribution in [0.1, 0.15) is 51.7 Å². The minimum absolute atomic E-state index is 0.191. The molecule has 1 aromatic heterocycles. The summed E-state index contributed by atoms with van der Waals surface area (Å²) >= 11 is 0. The standard InChI is InChI=1S/C23H23N3O2/c1-15(2)18-9-5-7-11-20(18)26-23(28)21-14-17(12-13-24-21)22(27)25-19-10-6-4-8-16(19)3/h4-15H,1-3H3,(H,25,27)(H,26,28). The zero-order valence-corrected chi connectivity index (χ0v) is 16.2. The SMILES string of the molecule is Cc1ccccc1NC(=O)c1ccnc(C(=O)Nc2ccccc2C(C)C)c1. The number of carbonyl (C=O) groups is 2. The number of para-hydroxylation sites is 2. The Kier molecular flexibility index (Phi) is 5.84. The third-order valence-electron chi connectivity index (χ3n) is 4.48. The van der Waals surface area contributed by atoms with E-state index in [-0.39, 0.29) is 23.4 Å². The number of nitrogens with zero attached hydrogens (tertiary/aromatic N) is 1. The molecule has 142 valence electrons. The first-order valence-corrected chi connectivity index (χ1v) is 9.19. The second-order valence-corrected chi connectivity index (χ2v) is 6.89. The molecule has 0 spiro atoms. The first kappa shape index (κ1) is 19.3. The highest BCUT2D eigenvalue weighted by molar-refractivity contribution is 6.08. The molecule has 0 saturated carbocycles. The van der Waals surface area contributed by atoms with E-state index in [1.807, 2.05) is 55.5 Å². The van der Waals surface area contributed by atoms with Gasteiger partial charge in [-0.3, -0.25) is 14.6 Å². The minimum Gasteiger partial charge on any atom is -0.322 e. The van der Waals surface area contributed by atoms with Gasteiger partial charge in [0, 0.05) is 23.1 Å². The van der Waals surface area contributed by atoms with Crippen molar-refractivity contribution in [1.29, 1.82) is 0 Å². The van der Waals surface area contributed by atoms with E-state index in [1.54, 1.807) is 6.07 Å². The van der Waals surface area contributed by atoms with Crippen molar-refractivity contribution in [3.8, 4) is 0 Å². The summed E-state index contributed by atoms with van der Waals surface area (Å²) in [5, 5.41) is 5.77. The molecule has 2 amide bonds. The molecule has 0 bridgehead atoms. The van der Waals surface area contributed by atoms with Gasteiger partial charge in [0.2, 0.25) is 0 Å². The van der Waals surface area contributed by atoms with Gasteiger partial charge in [0.05, 0.1) is 0 Å². The van der Waals surface area contributed by atoms with Crippen molar-refractivity contribution >= 4 is 23.2 Å². The molecule has 0 aliphatic heterocycles. The predicted octanol–water partition coefficient (Wildman–Crippen LogP) is 5.02. The zero-order valence-electron chi connectivity index (χ0n) is 16.2. The predicted molar refractivity (Wildman–Crippen MR) is 112 cm³/mol. The van der Waals surface area contributed by atoms with E-state index in [0.29, 0.717) is 5.56 Å². The van der Waals surface area contributed by atoms with Gasteiger partial charge in [-0.2, -0.15) is 0 Å². The van der Waals surface area contributed by atoms with E-state index >= 15 is 0 Å². The smallest absolute Gasteiger partial charge is 0.274 e. The van der Waals surface area contributed by atoms with Crippen LogP contribution in [0.4, 0.5) is 11.4 Å². The van der Waals surface area contributed by atoms with Crippen molar-refractivity contribution in [2.75, 3.05) is 10.6 Å². The molecule has 3 rings (SSSR count). The van der Waals surface area contributed by atoms with Crippen molar-refractivity contribution in [2.45, 2.75) is 26.7 Å². The lowest BCUT2D eigenvalue weighted by Crippen LogP contribution is -2.18. The Morgan fingerprint density at radius 1 is 0.857 bits per heavy atom. The summed E-state index contributed by atoms with van der Waals surface area (Å²) in [6, 6.07) is 18.3. The number of pyridine rings is 1. The van der Waals surface area contributed by atoms with Crippen LogP contribution in [0.3, 0.4) is 0 Å². The Balaban J connectivity index is 1.78. The number of aryl methyl sites for hydroxylation is 1. The van der Waals surface area contributed by atoms with Crippen LogP contribution < -0.4 is 10.6 Å². The normalized spacial score (nSPS) is 10.6. The van der Waals surface area contributed by atoms with Crippen LogP contribution in [0.15, 0.2) is 66.9 Å². The second-order valence-electron chi connectivity index (χ2n) is 6.89. The number of anilines is 2. The Bertz CT molecular complexity index is 1010. The van der Waals surface area contributed by atoms with Gasteiger partial charge in [-0.25, -0.2) is 0 Å². The highest BCUT2D eigenvalue weighted by Crippen LogP contribution is 2.24. The summed E-state index contributed by atoms with van der Waals surface area (Å²) in [5.74, 6) is -0.359. The molecule has 2 N–H and O–H groups in total. The summed E-state index contributed by atoms with van der Waals surface area (Å²) < 4.78 is 0. The Labute approximate surface area is 164 Å². The van der Waals surface area contributed by atoms with Crippen molar-refractivity contribution in [1.82, 2.24) is 4.98 Å². The van der Waals surface area contributed by atoms with Crippen molar-refractivity contribution in [2.24, 2.45) is 0 Å². The maximum atomic E-state index is 12.7.